The van der Waals surface area contributed by atoms with Gasteiger partial charge in [0.2, 0.25) is 0 Å². The van der Waals surface area contributed by atoms with E-state index >= 15 is 0 Å². The lowest BCUT2D eigenvalue weighted by Crippen LogP contribution is -2.43. The molecule has 0 amide bonds. The maximum absolute atomic E-state index is 9.52. The van der Waals surface area contributed by atoms with Crippen molar-refractivity contribution in [2.75, 3.05) is 39.3 Å². The predicted octanol–water partition coefficient (Wildman–Crippen LogP) is 3.55. The molecule has 5 nitrogen and oxygen atoms in total. The molecule has 0 radical (unpaired) electrons. The molecule has 0 atom stereocenters. The lowest BCUT2D eigenvalue weighted by molar-refractivity contribution is 0.137. The van der Waals surface area contributed by atoms with Crippen LogP contribution in [-0.2, 0) is 13.0 Å². The van der Waals surface area contributed by atoms with Crippen molar-refractivity contribution in [3.63, 3.8) is 0 Å². The summed E-state index contributed by atoms with van der Waals surface area (Å²) in [7, 11) is 0. The number of benzene rings is 1. The van der Waals surface area contributed by atoms with Crippen molar-refractivity contribution < 1.29 is 5.11 Å². The molecule has 2 aliphatic rings. The highest BCUT2D eigenvalue weighted by atomic mass is 127. The van der Waals surface area contributed by atoms with Gasteiger partial charge in [-0.3, -0.25) is 9.89 Å². The number of halogens is 1. The Morgan fingerprint density at radius 2 is 1.90 bits per heavy atom. The first-order chi connectivity index (χ1) is 13.7. The molecule has 1 saturated carbocycles. The second kappa shape index (κ2) is 12.7. The number of hydrogen-bond donors (Lipinski definition) is 3. The molecule has 0 bridgehead atoms. The number of aliphatic hydroxyl groups excluding tert-OH is 1. The van der Waals surface area contributed by atoms with E-state index in [-0.39, 0.29) is 36.0 Å². The Morgan fingerprint density at radius 1 is 1.14 bits per heavy atom. The van der Waals surface area contributed by atoms with Crippen LogP contribution in [0.2, 0.25) is 0 Å². The van der Waals surface area contributed by atoms with Gasteiger partial charge < -0.3 is 15.7 Å². The minimum Gasteiger partial charge on any atom is -0.396 e. The van der Waals surface area contributed by atoms with Crippen molar-refractivity contribution in [1.82, 2.24) is 15.5 Å². The largest absolute Gasteiger partial charge is 0.396 e. The predicted molar refractivity (Wildman–Crippen MR) is 132 cm³/mol. The highest BCUT2D eigenvalue weighted by Crippen LogP contribution is 2.39. The van der Waals surface area contributed by atoms with Gasteiger partial charge in [0.1, 0.15) is 0 Å². The highest BCUT2D eigenvalue weighted by molar-refractivity contribution is 14.0. The number of aliphatic imine (C=N–C) groups is 1. The summed E-state index contributed by atoms with van der Waals surface area (Å²) < 4.78 is 0. The second-order valence-electron chi connectivity index (χ2n) is 8.45. The summed E-state index contributed by atoms with van der Waals surface area (Å²) in [5.74, 6) is 0.919. The van der Waals surface area contributed by atoms with E-state index < -0.39 is 0 Å². The van der Waals surface area contributed by atoms with E-state index in [9.17, 15) is 5.11 Å². The summed E-state index contributed by atoms with van der Waals surface area (Å²) in [4.78, 5) is 7.43. The molecule has 29 heavy (non-hydrogen) atoms. The second-order valence-corrected chi connectivity index (χ2v) is 8.45. The standard InChI is InChI=1S/C23H38N4O.HI/c1-2-24-22(26-19-23(13-17-28)11-6-3-7-12-23)25-14-16-27-15-10-20-8-4-5-9-21(20)18-27;/h4-5,8-9,28H,2-3,6-7,10-19H2,1H3,(H2,24,25,26);1H. The topological polar surface area (TPSA) is 59.9 Å². The monoisotopic (exact) mass is 514 g/mol. The number of aliphatic hydroxyl groups is 1. The van der Waals surface area contributed by atoms with E-state index in [1.54, 1.807) is 0 Å². The smallest absolute Gasteiger partial charge is 0.191 e. The van der Waals surface area contributed by atoms with Gasteiger partial charge in [-0.05, 0) is 49.1 Å². The average molecular weight is 514 g/mol. The van der Waals surface area contributed by atoms with Gasteiger partial charge in [-0.2, -0.15) is 0 Å². The minimum atomic E-state index is 0. The van der Waals surface area contributed by atoms with Gasteiger partial charge in [-0.25, -0.2) is 0 Å². The maximum Gasteiger partial charge on any atom is 0.191 e. The molecule has 1 aromatic rings. The quantitative estimate of drug-likeness (QED) is 0.282. The molecule has 1 fully saturated rings. The van der Waals surface area contributed by atoms with Gasteiger partial charge in [-0.15, -0.1) is 24.0 Å². The van der Waals surface area contributed by atoms with Crippen LogP contribution in [0.25, 0.3) is 0 Å². The zero-order valence-electron chi connectivity index (χ0n) is 18.0. The Balaban J connectivity index is 0.00000300. The summed E-state index contributed by atoms with van der Waals surface area (Å²) in [6.45, 7) is 8.19. The molecule has 0 saturated heterocycles. The first kappa shape index (κ1) is 24.4. The molecule has 0 spiro atoms. The molecule has 1 aliphatic heterocycles. The third-order valence-corrected chi connectivity index (χ3v) is 6.40. The van der Waals surface area contributed by atoms with Crippen molar-refractivity contribution in [2.45, 2.75) is 58.4 Å². The Labute approximate surface area is 193 Å². The van der Waals surface area contributed by atoms with Gasteiger partial charge in [0.15, 0.2) is 5.96 Å². The molecule has 6 heteroatoms. The van der Waals surface area contributed by atoms with Crippen LogP contribution in [0.5, 0.6) is 0 Å². The third kappa shape index (κ3) is 7.40. The van der Waals surface area contributed by atoms with E-state index in [4.69, 9.17) is 4.99 Å². The van der Waals surface area contributed by atoms with E-state index in [0.717, 1.165) is 58.1 Å². The zero-order valence-corrected chi connectivity index (χ0v) is 20.3. The van der Waals surface area contributed by atoms with Crippen LogP contribution in [0.3, 0.4) is 0 Å². The summed E-state index contributed by atoms with van der Waals surface area (Å²) in [5.41, 5.74) is 3.17. The first-order valence-corrected chi connectivity index (χ1v) is 11.2. The fourth-order valence-corrected chi connectivity index (χ4v) is 4.69. The Morgan fingerprint density at radius 3 is 2.62 bits per heavy atom. The molecule has 0 unspecified atom stereocenters. The van der Waals surface area contributed by atoms with Crippen molar-refractivity contribution in [2.24, 2.45) is 10.4 Å². The van der Waals surface area contributed by atoms with Crippen LogP contribution >= 0.6 is 24.0 Å². The molecule has 164 valence electrons. The van der Waals surface area contributed by atoms with Crippen molar-refractivity contribution >= 4 is 29.9 Å². The molecule has 1 heterocycles. The molecule has 0 aromatic heterocycles. The molecular formula is C23H39IN4O. The third-order valence-electron chi connectivity index (χ3n) is 6.40. The van der Waals surface area contributed by atoms with E-state index in [1.165, 1.54) is 43.2 Å². The van der Waals surface area contributed by atoms with Crippen molar-refractivity contribution in [3.05, 3.63) is 35.4 Å². The van der Waals surface area contributed by atoms with Crippen LogP contribution in [0.4, 0.5) is 0 Å². The molecule has 1 aromatic carbocycles. The number of fused-ring (bicyclic) bond motifs is 1. The van der Waals surface area contributed by atoms with Crippen LogP contribution < -0.4 is 10.6 Å². The SMILES string of the molecule is CCNC(=NCC1(CCO)CCCCC1)NCCN1CCc2ccccc2C1.I. The van der Waals surface area contributed by atoms with Crippen LogP contribution in [0, 0.1) is 5.41 Å². The molecule has 1 aliphatic carbocycles. The number of rotatable bonds is 8. The first-order valence-electron chi connectivity index (χ1n) is 11.2. The normalized spacial score (nSPS) is 19.2. The summed E-state index contributed by atoms with van der Waals surface area (Å²) in [6.07, 6.45) is 8.30. The van der Waals surface area contributed by atoms with Crippen LogP contribution in [-0.4, -0.2) is 55.3 Å². The molecular weight excluding hydrogens is 475 g/mol. The fourth-order valence-electron chi connectivity index (χ4n) is 4.69. The number of guanidine groups is 1. The Bertz CT molecular complexity index is 626. The van der Waals surface area contributed by atoms with Crippen molar-refractivity contribution in [1.29, 1.82) is 0 Å². The number of hydrogen-bond acceptors (Lipinski definition) is 3. The van der Waals surface area contributed by atoms with Gasteiger partial charge in [0.05, 0.1) is 0 Å². The lowest BCUT2D eigenvalue weighted by Gasteiger charge is -2.35. The lowest BCUT2D eigenvalue weighted by atomic mass is 9.72. The van der Waals surface area contributed by atoms with Crippen molar-refractivity contribution in [3.8, 4) is 0 Å². The van der Waals surface area contributed by atoms with Gasteiger partial charge in [0.25, 0.3) is 0 Å². The Hall–Kier alpha value is -0.860. The van der Waals surface area contributed by atoms with E-state index in [2.05, 4.69) is 46.7 Å². The molecule has 3 rings (SSSR count). The fraction of sp³-hybridized carbons (Fsp3) is 0.696. The minimum absolute atomic E-state index is 0. The number of nitrogens with zero attached hydrogens (tertiary/aromatic N) is 2. The van der Waals surface area contributed by atoms with Gasteiger partial charge >= 0.3 is 0 Å². The summed E-state index contributed by atoms with van der Waals surface area (Å²) in [6, 6.07) is 8.80. The summed E-state index contributed by atoms with van der Waals surface area (Å²) >= 11 is 0. The zero-order chi connectivity index (χ0) is 19.7. The average Bonchev–Trinajstić information content (AvgIpc) is 2.73. The highest BCUT2D eigenvalue weighted by Gasteiger charge is 2.31. The van der Waals surface area contributed by atoms with Gasteiger partial charge in [-0.1, -0.05) is 43.5 Å². The summed E-state index contributed by atoms with van der Waals surface area (Å²) in [5, 5.41) is 16.4. The van der Waals surface area contributed by atoms with E-state index in [1.807, 2.05) is 0 Å². The number of nitrogens with one attached hydrogen (secondary N) is 2. The maximum atomic E-state index is 9.52. The molecule has 3 N–H and O–H groups in total. The van der Waals surface area contributed by atoms with Crippen LogP contribution in [0.15, 0.2) is 29.3 Å². The van der Waals surface area contributed by atoms with Crippen LogP contribution in [0.1, 0.15) is 56.6 Å². The van der Waals surface area contributed by atoms with E-state index in [0.29, 0.717) is 0 Å². The van der Waals surface area contributed by atoms with Gasteiger partial charge in [0, 0.05) is 45.9 Å². The Kier molecular flexibility index (Phi) is 10.7.